The van der Waals surface area contributed by atoms with Crippen LogP contribution in [-0.2, 0) is 0 Å². The Hall–Kier alpha value is -8.92. The highest BCUT2D eigenvalue weighted by Crippen LogP contribution is 2.43. The van der Waals surface area contributed by atoms with Crippen LogP contribution in [0.15, 0.2) is 218 Å². The van der Waals surface area contributed by atoms with E-state index < -0.39 is 18.1 Å². The zero-order chi connectivity index (χ0) is 46.9. The minimum Gasteiger partial charge on any atom is -0.309 e. The van der Waals surface area contributed by atoms with Gasteiger partial charge in [0.2, 0.25) is 0 Å². The normalized spacial score (nSPS) is 12.5. The van der Waals surface area contributed by atoms with Gasteiger partial charge in [0.05, 0.1) is 40.2 Å². The number of hydrogen-bond donors (Lipinski definition) is 0. The van der Waals surface area contributed by atoms with Crippen molar-refractivity contribution in [1.82, 2.24) is 24.1 Å². The lowest BCUT2D eigenvalue weighted by Crippen LogP contribution is -2.02. The molecule has 0 radical (unpaired) electrons. The summed E-state index contributed by atoms with van der Waals surface area (Å²) in [6, 6.07) is 62.7. The molecule has 0 saturated carbocycles. The monoisotopic (exact) mass is 821 g/mol. The third-order valence-electron chi connectivity index (χ3n) is 11.9. The van der Waals surface area contributed by atoms with Gasteiger partial charge < -0.3 is 9.13 Å². The Balaban J connectivity index is 1.08. The van der Waals surface area contributed by atoms with Crippen LogP contribution in [0.5, 0.6) is 0 Å². The number of fused-ring (bicyclic) bond motifs is 7. The van der Waals surface area contributed by atoms with Crippen molar-refractivity contribution in [3.63, 3.8) is 0 Å². The first-order chi connectivity index (χ1) is 33.8. The molecule has 9 aromatic carbocycles. The molecule has 0 saturated heterocycles. The molecule has 0 N–H and O–H groups in total. The van der Waals surface area contributed by atoms with Gasteiger partial charge in [-0.15, -0.1) is 0 Å². The van der Waals surface area contributed by atoms with Crippen LogP contribution in [0.2, 0.25) is 0 Å². The van der Waals surface area contributed by atoms with Gasteiger partial charge in [0.25, 0.3) is 0 Å². The second-order valence-electron chi connectivity index (χ2n) is 15.6. The lowest BCUT2D eigenvalue weighted by atomic mass is 10.0. The summed E-state index contributed by atoms with van der Waals surface area (Å²) in [5.74, 6) is 1.38. The Bertz CT molecular complexity index is 3970. The molecule has 0 spiro atoms. The maximum absolute atomic E-state index is 11.1. The summed E-state index contributed by atoms with van der Waals surface area (Å²) in [4.78, 5) is 15.3. The third kappa shape index (κ3) is 6.14. The average molecular weight is 822 g/mol. The summed E-state index contributed by atoms with van der Waals surface area (Å²) in [6.45, 7) is 0. The summed E-state index contributed by atoms with van der Waals surface area (Å²) < 4.78 is 47.3. The second-order valence-corrected chi connectivity index (χ2v) is 15.6. The molecule has 12 aromatic rings. The highest BCUT2D eigenvalue weighted by Gasteiger charge is 2.23. The van der Waals surface area contributed by atoms with Gasteiger partial charge in [-0.3, -0.25) is 0 Å². The molecular weight excluding hydrogens is 781 g/mol. The van der Waals surface area contributed by atoms with Crippen molar-refractivity contribution in [3.8, 4) is 73.9 Å². The van der Waals surface area contributed by atoms with Crippen LogP contribution >= 0.6 is 0 Å². The first-order valence-electron chi connectivity index (χ1n) is 23.4. The van der Waals surface area contributed by atoms with E-state index in [-0.39, 0.29) is 17.8 Å². The van der Waals surface area contributed by atoms with Crippen LogP contribution < -0.4 is 0 Å². The van der Waals surface area contributed by atoms with Crippen molar-refractivity contribution in [2.45, 2.75) is 0 Å². The minimum atomic E-state index is -0.455. The van der Waals surface area contributed by atoms with E-state index in [1.807, 2.05) is 133 Å². The van der Waals surface area contributed by atoms with Crippen LogP contribution in [0.3, 0.4) is 0 Å². The van der Waals surface area contributed by atoms with Gasteiger partial charge in [0.15, 0.2) is 17.5 Å². The molecule has 0 unspecified atom stereocenters. The molecule has 6 heteroatoms. The van der Waals surface area contributed by atoms with Crippen LogP contribution in [0.25, 0.3) is 111 Å². The SMILES string of the molecule is [2H]c1c([2H])c([2H])c(-n2c3ccccc3c3c2ccc2c4ccccc4n(-c4ccc(-c5nc(-c6cccc(-c7ccccc7)c6)nc(-c6cccc(-c7ccccc7)c6)n5)cc4C#N)c23)c([2H])c1[2H]. The van der Waals surface area contributed by atoms with Gasteiger partial charge in [0.1, 0.15) is 6.07 Å². The summed E-state index contributed by atoms with van der Waals surface area (Å²) in [5.41, 5.74) is 10.5. The molecule has 0 fully saturated rings. The second kappa shape index (κ2) is 15.2. The van der Waals surface area contributed by atoms with Gasteiger partial charge in [0, 0.05) is 43.9 Å². The van der Waals surface area contributed by atoms with Crippen LogP contribution in [0.4, 0.5) is 0 Å². The van der Waals surface area contributed by atoms with Crippen molar-refractivity contribution in [2.24, 2.45) is 0 Å². The quantitative estimate of drug-likeness (QED) is 0.160. The van der Waals surface area contributed by atoms with Crippen LogP contribution in [-0.4, -0.2) is 24.1 Å². The summed E-state index contributed by atoms with van der Waals surface area (Å²) >= 11 is 0. The highest BCUT2D eigenvalue weighted by atomic mass is 15.0. The molecule has 0 amide bonds. The molecule has 0 aliphatic rings. The standard InChI is InChI=1S/C58H36N6/c59-37-45-36-44(58-61-56(42-22-14-20-40(34-42)38-16-4-1-5-17-38)60-57(62-58)43-23-15-21-41(35-43)39-18-6-2-7-19-39)30-32-50(45)64-51-28-12-10-26-47(51)48-31-33-53-54(55(48)64)49-27-11-13-29-52(49)63(53)46-24-8-3-9-25-46/h1-36H/i3D,8D,9D,24D,25D. The van der Waals surface area contributed by atoms with Gasteiger partial charge in [-0.25, -0.2) is 15.0 Å². The fourth-order valence-electron chi connectivity index (χ4n) is 9.01. The Morgan fingerprint density at radius 2 is 0.922 bits per heavy atom. The minimum absolute atomic E-state index is 0.0611. The fraction of sp³-hybridized carbons (Fsp3) is 0. The molecule has 0 atom stereocenters. The number of rotatable bonds is 7. The molecule has 64 heavy (non-hydrogen) atoms. The molecule has 3 heterocycles. The van der Waals surface area contributed by atoms with Gasteiger partial charge >= 0.3 is 0 Å². The molecule has 0 aliphatic heterocycles. The van der Waals surface area contributed by atoms with E-state index in [9.17, 15) is 5.26 Å². The lowest BCUT2D eigenvalue weighted by Gasteiger charge is -2.14. The van der Waals surface area contributed by atoms with E-state index in [1.165, 1.54) is 0 Å². The average Bonchev–Trinajstić information content (AvgIpc) is 3.93. The smallest absolute Gasteiger partial charge is 0.164 e. The Morgan fingerprint density at radius 3 is 1.53 bits per heavy atom. The van der Waals surface area contributed by atoms with Crippen molar-refractivity contribution >= 4 is 43.6 Å². The van der Waals surface area contributed by atoms with Crippen molar-refractivity contribution < 1.29 is 6.85 Å². The molecule has 0 bridgehead atoms. The third-order valence-corrected chi connectivity index (χ3v) is 11.9. The largest absolute Gasteiger partial charge is 0.309 e. The molecule has 298 valence electrons. The number of para-hydroxylation sites is 3. The van der Waals surface area contributed by atoms with E-state index >= 15 is 0 Å². The molecule has 6 nitrogen and oxygen atoms in total. The van der Waals surface area contributed by atoms with E-state index in [4.69, 9.17) is 21.8 Å². The van der Waals surface area contributed by atoms with E-state index in [2.05, 4.69) is 65.2 Å². The first kappa shape index (κ1) is 31.9. The van der Waals surface area contributed by atoms with Gasteiger partial charge in [-0.2, -0.15) is 5.26 Å². The Kier molecular flexibility index (Phi) is 7.58. The van der Waals surface area contributed by atoms with Gasteiger partial charge in [-0.05, 0) is 82.9 Å². The van der Waals surface area contributed by atoms with Gasteiger partial charge in [-0.1, -0.05) is 158 Å². The maximum Gasteiger partial charge on any atom is 0.164 e. The van der Waals surface area contributed by atoms with Crippen molar-refractivity contribution in [3.05, 3.63) is 224 Å². The molecule has 12 rings (SSSR count). The summed E-state index contributed by atoms with van der Waals surface area (Å²) in [7, 11) is 0. The zero-order valence-electron chi connectivity index (χ0n) is 39.1. The fourth-order valence-corrected chi connectivity index (χ4v) is 9.01. The van der Waals surface area contributed by atoms with Crippen molar-refractivity contribution in [2.75, 3.05) is 0 Å². The molecule has 3 aromatic heterocycles. The number of hydrogen-bond acceptors (Lipinski definition) is 4. The summed E-state index contributed by atoms with van der Waals surface area (Å²) in [6.07, 6.45) is 0. The molecular formula is C58H36N6. The predicted octanol–water partition coefficient (Wildman–Crippen LogP) is 14.3. The van der Waals surface area contributed by atoms with Crippen LogP contribution in [0.1, 0.15) is 12.4 Å². The Labute approximate surface area is 376 Å². The van der Waals surface area contributed by atoms with Crippen LogP contribution in [0, 0.1) is 11.3 Å². The lowest BCUT2D eigenvalue weighted by molar-refractivity contribution is 1.07. The summed E-state index contributed by atoms with van der Waals surface area (Å²) in [5, 5.41) is 14.7. The van der Waals surface area contributed by atoms with Crippen molar-refractivity contribution in [1.29, 1.82) is 5.26 Å². The highest BCUT2D eigenvalue weighted by molar-refractivity contribution is 6.26. The Morgan fingerprint density at radius 1 is 0.406 bits per heavy atom. The maximum atomic E-state index is 11.1. The molecule has 0 aliphatic carbocycles. The number of nitriles is 1. The topological polar surface area (TPSA) is 72.3 Å². The first-order valence-corrected chi connectivity index (χ1v) is 20.9. The van der Waals surface area contributed by atoms with E-state index in [1.54, 1.807) is 4.57 Å². The van der Waals surface area contributed by atoms with E-state index in [0.717, 1.165) is 66.0 Å². The number of benzene rings is 9. The number of aromatic nitrogens is 5. The number of nitrogens with zero attached hydrogens (tertiary/aromatic N) is 6. The van der Waals surface area contributed by atoms with E-state index in [0.29, 0.717) is 45.3 Å². The predicted molar refractivity (Wildman–Crippen MR) is 260 cm³/mol. The zero-order valence-corrected chi connectivity index (χ0v) is 34.1.